The lowest BCUT2D eigenvalue weighted by atomic mass is 9.97. The largest absolute Gasteiger partial charge is 0.479 e. The summed E-state index contributed by atoms with van der Waals surface area (Å²) in [5.74, 6) is -1.15. The first kappa shape index (κ1) is 15.9. The van der Waals surface area contributed by atoms with Gasteiger partial charge >= 0.3 is 5.97 Å². The predicted molar refractivity (Wildman–Crippen MR) is 64.7 cm³/mol. The van der Waals surface area contributed by atoms with E-state index in [4.69, 9.17) is 9.84 Å². The summed E-state index contributed by atoms with van der Waals surface area (Å²) in [7, 11) is 1.32. The zero-order valence-corrected chi connectivity index (χ0v) is 10.9. The maximum absolute atomic E-state index is 11.8. The Hall–Kier alpha value is -1.10. The number of nitrogens with one attached hydrogen (secondary N) is 1. The quantitative estimate of drug-likeness (QED) is 0.644. The summed E-state index contributed by atoms with van der Waals surface area (Å²) >= 11 is 0. The highest BCUT2D eigenvalue weighted by atomic mass is 16.5. The van der Waals surface area contributed by atoms with Crippen molar-refractivity contribution in [3.05, 3.63) is 0 Å². The van der Waals surface area contributed by atoms with Crippen LogP contribution in [0.3, 0.4) is 0 Å². The van der Waals surface area contributed by atoms with Crippen molar-refractivity contribution >= 4 is 11.9 Å². The molecule has 0 bridgehead atoms. The second-order valence-electron chi connectivity index (χ2n) is 4.08. The van der Waals surface area contributed by atoms with E-state index in [0.29, 0.717) is 0 Å². The van der Waals surface area contributed by atoms with Crippen LogP contribution in [0, 0.1) is 5.92 Å². The van der Waals surface area contributed by atoms with Crippen LogP contribution in [0.1, 0.15) is 39.5 Å². The first-order valence-corrected chi connectivity index (χ1v) is 6.10. The number of aliphatic carboxylic acids is 1. The number of carbonyl (C=O) groups excluding carboxylic acids is 1. The molecule has 0 spiro atoms. The molecule has 5 nitrogen and oxygen atoms in total. The van der Waals surface area contributed by atoms with Crippen LogP contribution in [0.2, 0.25) is 0 Å². The summed E-state index contributed by atoms with van der Waals surface area (Å²) in [4.78, 5) is 22.5. The van der Waals surface area contributed by atoms with Gasteiger partial charge in [0.1, 0.15) is 0 Å². The molecule has 100 valence electrons. The average Bonchev–Trinajstić information content (AvgIpc) is 2.28. The van der Waals surface area contributed by atoms with Crippen molar-refractivity contribution in [2.45, 2.75) is 45.6 Å². The molecule has 0 aliphatic rings. The van der Waals surface area contributed by atoms with Crippen LogP contribution in [-0.2, 0) is 14.3 Å². The number of carboxylic acids is 1. The van der Waals surface area contributed by atoms with Crippen molar-refractivity contribution in [1.82, 2.24) is 5.32 Å². The third-order valence-corrected chi connectivity index (χ3v) is 2.67. The molecular weight excluding hydrogens is 222 g/mol. The van der Waals surface area contributed by atoms with Crippen molar-refractivity contribution in [3.8, 4) is 0 Å². The summed E-state index contributed by atoms with van der Waals surface area (Å²) in [6.07, 6.45) is 2.60. The van der Waals surface area contributed by atoms with Crippen molar-refractivity contribution in [1.29, 1.82) is 0 Å². The van der Waals surface area contributed by atoms with Gasteiger partial charge in [-0.3, -0.25) is 4.79 Å². The Balaban J connectivity index is 4.16. The van der Waals surface area contributed by atoms with E-state index in [1.807, 2.05) is 13.8 Å². The van der Waals surface area contributed by atoms with Gasteiger partial charge < -0.3 is 15.2 Å². The normalized spacial score (nSPS) is 12.5. The maximum Gasteiger partial charge on any atom is 0.334 e. The Morgan fingerprint density at radius 3 is 2.12 bits per heavy atom. The molecule has 0 saturated carbocycles. The van der Waals surface area contributed by atoms with Gasteiger partial charge in [0.05, 0.1) is 6.54 Å². The van der Waals surface area contributed by atoms with Gasteiger partial charge in [0, 0.05) is 13.0 Å². The van der Waals surface area contributed by atoms with E-state index in [1.54, 1.807) is 0 Å². The van der Waals surface area contributed by atoms with Gasteiger partial charge in [-0.05, 0) is 12.8 Å². The summed E-state index contributed by atoms with van der Waals surface area (Å²) in [5, 5.41) is 11.4. The summed E-state index contributed by atoms with van der Waals surface area (Å²) in [6, 6.07) is 0. The fourth-order valence-corrected chi connectivity index (χ4v) is 1.71. The van der Waals surface area contributed by atoms with E-state index < -0.39 is 12.1 Å². The molecule has 0 aromatic heterocycles. The van der Waals surface area contributed by atoms with Gasteiger partial charge in [0.15, 0.2) is 6.10 Å². The molecule has 0 rings (SSSR count). The molecule has 0 fully saturated rings. The van der Waals surface area contributed by atoms with E-state index in [1.165, 1.54) is 7.11 Å². The fraction of sp³-hybridized carbons (Fsp3) is 0.833. The van der Waals surface area contributed by atoms with Crippen LogP contribution < -0.4 is 5.32 Å². The number of carboxylic acid groups (broad SMARTS) is 1. The molecule has 1 atom stereocenters. The molecule has 0 aliphatic carbocycles. The van der Waals surface area contributed by atoms with Crippen LogP contribution in [0.15, 0.2) is 0 Å². The molecule has 1 amide bonds. The Labute approximate surface area is 103 Å². The minimum Gasteiger partial charge on any atom is -0.479 e. The molecule has 5 heteroatoms. The molecule has 0 radical (unpaired) electrons. The number of amides is 1. The maximum atomic E-state index is 11.8. The molecule has 0 aromatic rings. The highest BCUT2D eigenvalue weighted by Crippen LogP contribution is 2.13. The third kappa shape index (κ3) is 6.26. The number of hydrogen-bond acceptors (Lipinski definition) is 3. The van der Waals surface area contributed by atoms with E-state index in [2.05, 4.69) is 5.32 Å². The van der Waals surface area contributed by atoms with Gasteiger partial charge in [-0.25, -0.2) is 4.79 Å². The number of methoxy groups -OCH3 is 1. The Morgan fingerprint density at radius 1 is 1.24 bits per heavy atom. The van der Waals surface area contributed by atoms with Crippen molar-refractivity contribution < 1.29 is 19.4 Å². The van der Waals surface area contributed by atoms with Gasteiger partial charge in [-0.1, -0.05) is 26.7 Å². The lowest BCUT2D eigenvalue weighted by molar-refractivity contribution is -0.148. The zero-order chi connectivity index (χ0) is 13.3. The second-order valence-corrected chi connectivity index (χ2v) is 4.08. The van der Waals surface area contributed by atoms with E-state index in [-0.39, 0.29) is 18.4 Å². The highest BCUT2D eigenvalue weighted by Gasteiger charge is 2.20. The summed E-state index contributed by atoms with van der Waals surface area (Å²) in [6.45, 7) is 4.09. The Morgan fingerprint density at radius 2 is 1.76 bits per heavy atom. The van der Waals surface area contributed by atoms with E-state index in [9.17, 15) is 9.59 Å². The molecular formula is C12H23NO4. The zero-order valence-electron chi connectivity index (χ0n) is 10.9. The second kappa shape index (κ2) is 8.98. The number of rotatable bonds is 9. The number of carbonyl (C=O) groups is 2. The highest BCUT2D eigenvalue weighted by molar-refractivity contribution is 5.80. The Bertz CT molecular complexity index is 237. The predicted octanol–water partition coefficient (Wildman–Crippen LogP) is 1.42. The van der Waals surface area contributed by atoms with Gasteiger partial charge in [-0.15, -0.1) is 0 Å². The van der Waals surface area contributed by atoms with E-state index >= 15 is 0 Å². The molecule has 0 aromatic carbocycles. The standard InChI is InChI=1S/C12H23NO4/c1-4-6-9(7-5-2)11(14)13-8-10(17-3)12(15)16/h9-10H,4-8H2,1-3H3,(H,13,14)(H,15,16). The lowest BCUT2D eigenvalue weighted by Gasteiger charge is -2.17. The van der Waals surface area contributed by atoms with Crippen LogP contribution in [-0.4, -0.2) is 36.7 Å². The fourth-order valence-electron chi connectivity index (χ4n) is 1.71. The monoisotopic (exact) mass is 245 g/mol. The Kier molecular flexibility index (Phi) is 8.40. The number of ether oxygens (including phenoxy) is 1. The minimum atomic E-state index is -1.06. The molecule has 2 N–H and O–H groups in total. The smallest absolute Gasteiger partial charge is 0.334 e. The summed E-state index contributed by atoms with van der Waals surface area (Å²) in [5.41, 5.74) is 0. The summed E-state index contributed by atoms with van der Waals surface area (Å²) < 4.78 is 4.75. The van der Waals surface area contributed by atoms with Crippen LogP contribution >= 0.6 is 0 Å². The first-order valence-electron chi connectivity index (χ1n) is 6.10. The SMILES string of the molecule is CCCC(CCC)C(=O)NCC(OC)C(=O)O. The molecule has 0 aliphatic heterocycles. The molecule has 1 unspecified atom stereocenters. The lowest BCUT2D eigenvalue weighted by Crippen LogP contribution is -2.40. The van der Waals surface area contributed by atoms with Crippen LogP contribution in [0.5, 0.6) is 0 Å². The van der Waals surface area contributed by atoms with Gasteiger partial charge in [0.25, 0.3) is 0 Å². The minimum absolute atomic E-state index is 0.0173. The number of hydrogen-bond donors (Lipinski definition) is 2. The average molecular weight is 245 g/mol. The van der Waals surface area contributed by atoms with Crippen molar-refractivity contribution in [2.75, 3.05) is 13.7 Å². The van der Waals surface area contributed by atoms with Gasteiger partial charge in [0.2, 0.25) is 5.91 Å². The molecule has 0 heterocycles. The third-order valence-electron chi connectivity index (χ3n) is 2.67. The molecule has 17 heavy (non-hydrogen) atoms. The van der Waals surface area contributed by atoms with Crippen molar-refractivity contribution in [3.63, 3.8) is 0 Å². The van der Waals surface area contributed by atoms with E-state index in [0.717, 1.165) is 25.7 Å². The topological polar surface area (TPSA) is 75.6 Å². The van der Waals surface area contributed by atoms with Crippen LogP contribution in [0.4, 0.5) is 0 Å². The van der Waals surface area contributed by atoms with Crippen LogP contribution in [0.25, 0.3) is 0 Å². The van der Waals surface area contributed by atoms with Crippen molar-refractivity contribution in [2.24, 2.45) is 5.92 Å². The molecule has 0 saturated heterocycles. The van der Waals surface area contributed by atoms with Gasteiger partial charge in [-0.2, -0.15) is 0 Å². The first-order chi connectivity index (χ1) is 8.06.